The molecular weight excluding hydrogens is 348 g/mol. The maximum absolute atomic E-state index is 12.4. The average Bonchev–Trinajstić information content (AvgIpc) is 3.12. The van der Waals surface area contributed by atoms with E-state index < -0.39 is 0 Å². The molecule has 0 amide bonds. The number of benzene rings is 1. The molecule has 4 aromatic rings. The van der Waals surface area contributed by atoms with Crippen molar-refractivity contribution in [3.8, 4) is 16.3 Å². The Labute approximate surface area is 153 Å². The molecule has 0 aliphatic heterocycles. The average molecular weight is 362 g/mol. The minimum absolute atomic E-state index is 0.216. The SMILES string of the molecule is COc1cccc(-c2nn3c(=O)cc(C=Cc4cccnc4)nc3s2)c1. The lowest BCUT2D eigenvalue weighted by atomic mass is 10.2. The van der Waals surface area contributed by atoms with Crippen LogP contribution in [0.25, 0.3) is 27.7 Å². The molecule has 1 aromatic carbocycles. The van der Waals surface area contributed by atoms with Crippen molar-refractivity contribution in [2.75, 3.05) is 7.11 Å². The standard InChI is InChI=1S/C19H14N4O2S/c1-25-16-6-2-5-14(10-16)18-22-23-17(24)11-15(21-19(23)26-18)8-7-13-4-3-9-20-12-13/h2-12H,1H3. The van der Waals surface area contributed by atoms with Gasteiger partial charge in [0, 0.05) is 24.0 Å². The van der Waals surface area contributed by atoms with Gasteiger partial charge < -0.3 is 4.74 Å². The first-order valence-electron chi connectivity index (χ1n) is 7.86. The van der Waals surface area contributed by atoms with Crippen LogP contribution in [0.3, 0.4) is 0 Å². The van der Waals surface area contributed by atoms with Gasteiger partial charge >= 0.3 is 0 Å². The maximum atomic E-state index is 12.4. The number of ether oxygens (including phenoxy) is 1. The van der Waals surface area contributed by atoms with Crippen LogP contribution in [0.5, 0.6) is 5.75 Å². The molecule has 0 saturated heterocycles. The Morgan fingerprint density at radius 1 is 1.15 bits per heavy atom. The summed E-state index contributed by atoms with van der Waals surface area (Å²) in [5.74, 6) is 0.738. The fourth-order valence-corrected chi connectivity index (χ4v) is 3.35. The molecule has 128 valence electrons. The molecule has 26 heavy (non-hydrogen) atoms. The lowest BCUT2D eigenvalue weighted by molar-refractivity contribution is 0.415. The Hall–Kier alpha value is -3.32. The van der Waals surface area contributed by atoms with Crippen molar-refractivity contribution in [3.05, 3.63) is 76.5 Å². The summed E-state index contributed by atoms with van der Waals surface area (Å²) >= 11 is 1.36. The second-order valence-corrected chi connectivity index (χ2v) is 6.43. The molecule has 0 fully saturated rings. The van der Waals surface area contributed by atoms with E-state index in [2.05, 4.69) is 15.1 Å². The summed E-state index contributed by atoms with van der Waals surface area (Å²) in [6.45, 7) is 0. The second kappa shape index (κ2) is 6.89. The summed E-state index contributed by atoms with van der Waals surface area (Å²) in [5, 5.41) is 5.10. The molecule has 4 rings (SSSR count). The number of methoxy groups -OCH3 is 1. The van der Waals surface area contributed by atoms with Gasteiger partial charge in [-0.15, -0.1) is 0 Å². The molecule has 3 aromatic heterocycles. The highest BCUT2D eigenvalue weighted by Crippen LogP contribution is 2.27. The van der Waals surface area contributed by atoms with E-state index in [0.29, 0.717) is 15.7 Å². The van der Waals surface area contributed by atoms with Gasteiger partial charge in [0.25, 0.3) is 5.56 Å². The lowest BCUT2D eigenvalue weighted by Crippen LogP contribution is -2.14. The molecule has 0 unspecified atom stereocenters. The summed E-state index contributed by atoms with van der Waals surface area (Å²) in [6.07, 6.45) is 7.12. The van der Waals surface area contributed by atoms with Crippen molar-refractivity contribution in [2.45, 2.75) is 0 Å². The Balaban J connectivity index is 1.73. The summed E-state index contributed by atoms with van der Waals surface area (Å²) in [4.78, 5) is 21.5. The quantitative estimate of drug-likeness (QED) is 0.557. The largest absolute Gasteiger partial charge is 0.497 e. The van der Waals surface area contributed by atoms with Crippen LogP contribution in [0.1, 0.15) is 11.3 Å². The molecule has 0 aliphatic carbocycles. The predicted octanol–water partition coefficient (Wildman–Crippen LogP) is 3.39. The Morgan fingerprint density at radius 3 is 2.88 bits per heavy atom. The van der Waals surface area contributed by atoms with Crippen molar-refractivity contribution >= 4 is 28.4 Å². The van der Waals surface area contributed by atoms with Crippen LogP contribution < -0.4 is 10.3 Å². The van der Waals surface area contributed by atoms with E-state index in [-0.39, 0.29) is 5.56 Å². The van der Waals surface area contributed by atoms with Crippen molar-refractivity contribution in [3.63, 3.8) is 0 Å². The van der Waals surface area contributed by atoms with Crippen LogP contribution in [-0.4, -0.2) is 26.7 Å². The number of hydrogen-bond acceptors (Lipinski definition) is 6. The third-order valence-electron chi connectivity index (χ3n) is 3.71. The first kappa shape index (κ1) is 16.2. The van der Waals surface area contributed by atoms with Crippen molar-refractivity contribution in [2.24, 2.45) is 0 Å². The minimum atomic E-state index is -0.216. The van der Waals surface area contributed by atoms with Crippen LogP contribution in [0, 0.1) is 0 Å². The van der Waals surface area contributed by atoms with E-state index in [0.717, 1.165) is 16.9 Å². The van der Waals surface area contributed by atoms with Gasteiger partial charge in [-0.05, 0) is 29.8 Å². The number of nitrogens with zero attached hydrogens (tertiary/aromatic N) is 4. The number of rotatable bonds is 4. The minimum Gasteiger partial charge on any atom is -0.497 e. The number of aromatic nitrogens is 4. The molecule has 0 saturated carbocycles. The summed E-state index contributed by atoms with van der Waals surface area (Å²) in [5.41, 5.74) is 2.19. The highest BCUT2D eigenvalue weighted by molar-refractivity contribution is 7.19. The van der Waals surface area contributed by atoms with E-state index in [9.17, 15) is 4.79 Å². The third kappa shape index (κ3) is 3.25. The third-order valence-corrected chi connectivity index (χ3v) is 4.67. The molecule has 0 radical (unpaired) electrons. The van der Waals surface area contributed by atoms with Gasteiger partial charge in [0.05, 0.1) is 12.8 Å². The van der Waals surface area contributed by atoms with E-state index in [4.69, 9.17) is 4.74 Å². The predicted molar refractivity (Wildman–Crippen MR) is 102 cm³/mol. The van der Waals surface area contributed by atoms with E-state index in [1.54, 1.807) is 25.6 Å². The first-order valence-corrected chi connectivity index (χ1v) is 8.68. The van der Waals surface area contributed by atoms with E-state index in [1.807, 2.05) is 42.5 Å². The highest BCUT2D eigenvalue weighted by atomic mass is 32.1. The maximum Gasteiger partial charge on any atom is 0.275 e. The van der Waals surface area contributed by atoms with Gasteiger partial charge in [-0.2, -0.15) is 9.61 Å². The number of fused-ring (bicyclic) bond motifs is 1. The molecule has 7 heteroatoms. The number of pyridine rings is 1. The summed E-state index contributed by atoms with van der Waals surface area (Å²) in [7, 11) is 1.62. The summed E-state index contributed by atoms with van der Waals surface area (Å²) < 4.78 is 6.57. The monoisotopic (exact) mass is 362 g/mol. The van der Waals surface area contributed by atoms with Gasteiger partial charge in [-0.25, -0.2) is 4.98 Å². The molecule has 0 aliphatic rings. The molecular formula is C19H14N4O2S. The Morgan fingerprint density at radius 2 is 2.08 bits per heavy atom. The van der Waals surface area contributed by atoms with E-state index in [1.165, 1.54) is 21.9 Å². The topological polar surface area (TPSA) is 69.4 Å². The zero-order valence-electron chi connectivity index (χ0n) is 13.9. The number of hydrogen-bond donors (Lipinski definition) is 0. The normalized spacial score (nSPS) is 11.3. The van der Waals surface area contributed by atoms with E-state index >= 15 is 0 Å². The molecule has 0 N–H and O–H groups in total. The van der Waals surface area contributed by atoms with Gasteiger partial charge in [0.2, 0.25) is 4.96 Å². The Bertz CT molecular complexity index is 1150. The van der Waals surface area contributed by atoms with Gasteiger partial charge in [0.15, 0.2) is 0 Å². The van der Waals surface area contributed by atoms with Gasteiger partial charge in [-0.1, -0.05) is 35.6 Å². The van der Waals surface area contributed by atoms with Crippen molar-refractivity contribution < 1.29 is 4.74 Å². The fraction of sp³-hybridized carbons (Fsp3) is 0.0526. The second-order valence-electron chi connectivity index (χ2n) is 5.47. The molecule has 6 nitrogen and oxygen atoms in total. The Kier molecular flexibility index (Phi) is 4.28. The van der Waals surface area contributed by atoms with Crippen molar-refractivity contribution in [1.82, 2.24) is 19.6 Å². The zero-order valence-corrected chi connectivity index (χ0v) is 14.7. The summed E-state index contributed by atoms with van der Waals surface area (Å²) in [6, 6.07) is 12.8. The van der Waals surface area contributed by atoms with Crippen LogP contribution in [0.15, 0.2) is 59.7 Å². The zero-order chi connectivity index (χ0) is 17.9. The molecule has 0 bridgehead atoms. The van der Waals surface area contributed by atoms with Crippen LogP contribution in [0.2, 0.25) is 0 Å². The molecule has 0 atom stereocenters. The van der Waals surface area contributed by atoms with Crippen LogP contribution in [0.4, 0.5) is 0 Å². The van der Waals surface area contributed by atoms with Gasteiger partial charge in [-0.3, -0.25) is 9.78 Å². The smallest absolute Gasteiger partial charge is 0.275 e. The fourth-order valence-electron chi connectivity index (χ4n) is 2.44. The molecule has 0 spiro atoms. The van der Waals surface area contributed by atoms with Crippen LogP contribution in [-0.2, 0) is 0 Å². The lowest BCUT2D eigenvalue weighted by Gasteiger charge is -2.00. The molecule has 3 heterocycles. The van der Waals surface area contributed by atoms with Gasteiger partial charge in [0.1, 0.15) is 10.8 Å². The van der Waals surface area contributed by atoms with Crippen molar-refractivity contribution in [1.29, 1.82) is 0 Å². The van der Waals surface area contributed by atoms with Crippen LogP contribution >= 0.6 is 11.3 Å². The first-order chi connectivity index (χ1) is 12.7. The highest BCUT2D eigenvalue weighted by Gasteiger charge is 2.10.